The number of fused-ring (bicyclic) bond motifs is 1. The molecule has 1 aliphatic rings. The third-order valence-electron chi connectivity index (χ3n) is 3.28. The van der Waals surface area contributed by atoms with E-state index >= 15 is 0 Å². The minimum absolute atomic E-state index is 0.528. The molecule has 3 nitrogen and oxygen atoms in total. The van der Waals surface area contributed by atoms with Gasteiger partial charge in [0.2, 0.25) is 0 Å². The molecule has 2 aromatic rings. The summed E-state index contributed by atoms with van der Waals surface area (Å²) in [6, 6.07) is 8.77. The van der Waals surface area contributed by atoms with E-state index in [1.165, 1.54) is 11.6 Å². The van der Waals surface area contributed by atoms with Gasteiger partial charge in [-0.1, -0.05) is 12.1 Å². The van der Waals surface area contributed by atoms with Crippen LogP contribution in [0.5, 0.6) is 0 Å². The van der Waals surface area contributed by atoms with E-state index in [9.17, 15) is 13.6 Å². The summed E-state index contributed by atoms with van der Waals surface area (Å²) < 4.78 is 27.0. The number of benzene rings is 2. The summed E-state index contributed by atoms with van der Waals surface area (Å²) in [6.45, 7) is 1.53. The van der Waals surface area contributed by atoms with Crippen LogP contribution in [0, 0.1) is 11.6 Å². The SMILES string of the molecule is O=C(Nc1ccc2c(c1)CNC2)c1c(F)cccc1F. The lowest BCUT2D eigenvalue weighted by Crippen LogP contribution is -2.16. The van der Waals surface area contributed by atoms with E-state index in [0.29, 0.717) is 5.69 Å². The highest BCUT2D eigenvalue weighted by atomic mass is 19.1. The molecule has 1 amide bonds. The molecule has 5 heteroatoms. The van der Waals surface area contributed by atoms with E-state index in [2.05, 4.69) is 10.6 Å². The number of hydrogen-bond donors (Lipinski definition) is 2. The Kier molecular flexibility index (Phi) is 3.20. The Balaban J connectivity index is 1.86. The van der Waals surface area contributed by atoms with Crippen molar-refractivity contribution in [1.82, 2.24) is 5.32 Å². The van der Waals surface area contributed by atoms with Crippen LogP contribution in [0.3, 0.4) is 0 Å². The average Bonchev–Trinajstić information content (AvgIpc) is 2.85. The van der Waals surface area contributed by atoms with Gasteiger partial charge >= 0.3 is 0 Å². The number of rotatable bonds is 2. The first-order chi connectivity index (χ1) is 9.65. The van der Waals surface area contributed by atoms with Gasteiger partial charge in [-0.2, -0.15) is 0 Å². The number of amides is 1. The summed E-state index contributed by atoms with van der Waals surface area (Å²) in [7, 11) is 0. The van der Waals surface area contributed by atoms with Crippen molar-refractivity contribution < 1.29 is 13.6 Å². The van der Waals surface area contributed by atoms with Crippen molar-refractivity contribution in [3.63, 3.8) is 0 Å². The van der Waals surface area contributed by atoms with Crippen molar-refractivity contribution in [2.24, 2.45) is 0 Å². The van der Waals surface area contributed by atoms with E-state index in [0.717, 1.165) is 30.8 Å². The highest BCUT2D eigenvalue weighted by Gasteiger charge is 2.18. The topological polar surface area (TPSA) is 41.1 Å². The molecule has 0 aromatic heterocycles. The van der Waals surface area contributed by atoms with Crippen LogP contribution in [0.15, 0.2) is 36.4 Å². The third kappa shape index (κ3) is 2.28. The number of nitrogens with one attached hydrogen (secondary N) is 2. The normalized spacial score (nSPS) is 13.1. The highest BCUT2D eigenvalue weighted by molar-refractivity contribution is 6.04. The highest BCUT2D eigenvalue weighted by Crippen LogP contribution is 2.21. The molecule has 2 N–H and O–H groups in total. The lowest BCUT2D eigenvalue weighted by Gasteiger charge is -2.08. The Morgan fingerprint density at radius 1 is 1.05 bits per heavy atom. The molecule has 2 aromatic carbocycles. The van der Waals surface area contributed by atoms with Gasteiger partial charge in [-0.05, 0) is 35.4 Å². The van der Waals surface area contributed by atoms with Gasteiger partial charge in [-0.15, -0.1) is 0 Å². The summed E-state index contributed by atoms with van der Waals surface area (Å²) in [5.74, 6) is -2.53. The number of carbonyl (C=O) groups excluding carboxylic acids is 1. The summed E-state index contributed by atoms with van der Waals surface area (Å²) in [5, 5.41) is 5.71. The van der Waals surface area contributed by atoms with Crippen molar-refractivity contribution in [2.45, 2.75) is 13.1 Å². The largest absolute Gasteiger partial charge is 0.322 e. The minimum Gasteiger partial charge on any atom is -0.322 e. The molecule has 20 heavy (non-hydrogen) atoms. The van der Waals surface area contributed by atoms with E-state index in [4.69, 9.17) is 0 Å². The molecular weight excluding hydrogens is 262 g/mol. The van der Waals surface area contributed by atoms with E-state index < -0.39 is 23.1 Å². The van der Waals surface area contributed by atoms with Crippen LogP contribution in [-0.4, -0.2) is 5.91 Å². The lowest BCUT2D eigenvalue weighted by molar-refractivity contribution is 0.101. The van der Waals surface area contributed by atoms with Gasteiger partial charge in [-0.3, -0.25) is 4.79 Å². The van der Waals surface area contributed by atoms with Crippen LogP contribution in [0.4, 0.5) is 14.5 Å². The molecule has 1 aliphatic heterocycles. The van der Waals surface area contributed by atoms with E-state index in [1.54, 1.807) is 6.07 Å². The predicted molar refractivity (Wildman–Crippen MR) is 71.3 cm³/mol. The van der Waals surface area contributed by atoms with Crippen LogP contribution < -0.4 is 10.6 Å². The molecule has 0 aliphatic carbocycles. The van der Waals surface area contributed by atoms with Crippen LogP contribution in [0.25, 0.3) is 0 Å². The Morgan fingerprint density at radius 3 is 2.50 bits per heavy atom. The molecule has 0 saturated carbocycles. The number of carbonyl (C=O) groups is 1. The molecule has 3 rings (SSSR count). The molecule has 1 heterocycles. The summed E-state index contributed by atoms with van der Waals surface area (Å²) in [5.41, 5.74) is 2.21. The van der Waals surface area contributed by atoms with Crippen LogP contribution >= 0.6 is 0 Å². The lowest BCUT2D eigenvalue weighted by atomic mass is 10.1. The monoisotopic (exact) mass is 274 g/mol. The zero-order chi connectivity index (χ0) is 14.1. The van der Waals surface area contributed by atoms with Crippen LogP contribution in [0.2, 0.25) is 0 Å². The second-order valence-electron chi connectivity index (χ2n) is 4.64. The zero-order valence-corrected chi connectivity index (χ0v) is 10.5. The standard InChI is InChI=1S/C15H12F2N2O/c16-12-2-1-3-13(17)14(12)15(20)19-11-5-4-9-7-18-8-10(9)6-11/h1-6,18H,7-8H2,(H,19,20). The second kappa shape index (κ2) is 5.02. The number of halogens is 2. The molecule has 0 radical (unpaired) electrons. The van der Waals surface area contributed by atoms with Gasteiger partial charge in [0.15, 0.2) is 0 Å². The fraction of sp³-hybridized carbons (Fsp3) is 0.133. The molecular formula is C15H12F2N2O. The molecule has 0 bridgehead atoms. The number of hydrogen-bond acceptors (Lipinski definition) is 2. The summed E-state index contributed by atoms with van der Waals surface area (Å²) >= 11 is 0. The smallest absolute Gasteiger partial charge is 0.261 e. The molecule has 102 valence electrons. The maximum atomic E-state index is 13.5. The Hall–Kier alpha value is -2.27. The van der Waals surface area contributed by atoms with E-state index in [1.807, 2.05) is 12.1 Å². The van der Waals surface area contributed by atoms with Crippen molar-refractivity contribution in [2.75, 3.05) is 5.32 Å². The molecule has 0 atom stereocenters. The van der Waals surface area contributed by atoms with Gasteiger partial charge in [0.1, 0.15) is 17.2 Å². The van der Waals surface area contributed by atoms with Crippen LogP contribution in [-0.2, 0) is 13.1 Å². The van der Waals surface area contributed by atoms with Gasteiger partial charge in [0, 0.05) is 18.8 Å². The summed E-state index contributed by atoms with van der Waals surface area (Å²) in [6.07, 6.45) is 0. The Morgan fingerprint density at radius 2 is 1.75 bits per heavy atom. The van der Waals surface area contributed by atoms with Crippen molar-refractivity contribution in [3.8, 4) is 0 Å². The van der Waals surface area contributed by atoms with Gasteiger partial charge in [0.05, 0.1) is 0 Å². The van der Waals surface area contributed by atoms with Crippen molar-refractivity contribution >= 4 is 11.6 Å². The third-order valence-corrected chi connectivity index (χ3v) is 3.28. The van der Waals surface area contributed by atoms with Crippen molar-refractivity contribution in [1.29, 1.82) is 0 Å². The van der Waals surface area contributed by atoms with Gasteiger partial charge < -0.3 is 10.6 Å². The maximum Gasteiger partial charge on any atom is 0.261 e. The van der Waals surface area contributed by atoms with E-state index in [-0.39, 0.29) is 0 Å². The van der Waals surface area contributed by atoms with Gasteiger partial charge in [0.25, 0.3) is 5.91 Å². The van der Waals surface area contributed by atoms with Crippen LogP contribution in [0.1, 0.15) is 21.5 Å². The fourth-order valence-corrected chi connectivity index (χ4v) is 2.28. The molecule has 0 saturated heterocycles. The molecule has 0 fully saturated rings. The van der Waals surface area contributed by atoms with Crippen molar-refractivity contribution in [3.05, 3.63) is 64.7 Å². The second-order valence-corrected chi connectivity index (χ2v) is 4.64. The van der Waals surface area contributed by atoms with Gasteiger partial charge in [-0.25, -0.2) is 8.78 Å². The Labute approximate surface area is 114 Å². The fourth-order valence-electron chi connectivity index (χ4n) is 2.28. The Bertz CT molecular complexity index is 665. The first kappa shape index (κ1) is 12.7. The average molecular weight is 274 g/mol. The maximum absolute atomic E-state index is 13.5. The quantitative estimate of drug-likeness (QED) is 0.884. The summed E-state index contributed by atoms with van der Waals surface area (Å²) in [4.78, 5) is 11.9. The number of anilines is 1. The first-order valence-electron chi connectivity index (χ1n) is 6.23. The predicted octanol–water partition coefficient (Wildman–Crippen LogP) is 2.82. The zero-order valence-electron chi connectivity index (χ0n) is 10.5. The molecule has 0 spiro atoms. The minimum atomic E-state index is -0.870. The first-order valence-corrected chi connectivity index (χ1v) is 6.23. The molecule has 0 unspecified atom stereocenters.